The van der Waals surface area contributed by atoms with Crippen LogP contribution in [-0.4, -0.2) is 153 Å². The van der Waals surface area contributed by atoms with E-state index in [2.05, 4.69) is 0 Å². The third-order valence-electron chi connectivity index (χ3n) is 8.70. The summed E-state index contributed by atoms with van der Waals surface area (Å²) in [4.78, 5) is 40.1. The summed E-state index contributed by atoms with van der Waals surface area (Å²) in [6, 6.07) is -1.61. The number of aliphatic hydroxyl groups is 6. The van der Waals surface area contributed by atoms with E-state index in [1.54, 1.807) is 50.3 Å². The Balaban J connectivity index is 1.52. The van der Waals surface area contributed by atoms with Crippen molar-refractivity contribution in [2.75, 3.05) is 20.3 Å². The van der Waals surface area contributed by atoms with E-state index in [1.165, 1.54) is 19.3 Å². The monoisotopic (exact) mass is 756 g/mol. The fourth-order valence-electron chi connectivity index (χ4n) is 5.97. The van der Waals surface area contributed by atoms with Gasteiger partial charge in [-0.05, 0) is 26.0 Å². The second-order valence-electron chi connectivity index (χ2n) is 12.4. The van der Waals surface area contributed by atoms with Crippen molar-refractivity contribution in [2.24, 2.45) is 5.73 Å². The molecule has 4 aliphatic heterocycles. The third-order valence-corrected chi connectivity index (χ3v) is 8.82. The van der Waals surface area contributed by atoms with Crippen molar-refractivity contribution in [3.63, 3.8) is 0 Å². The lowest BCUT2D eigenvalue weighted by atomic mass is 10.0. The number of hydrogen-bond acceptors (Lipinski definition) is 15. The molecule has 4 saturated heterocycles. The van der Waals surface area contributed by atoms with E-state index in [1.807, 2.05) is 0 Å². The molecule has 0 bridgehead atoms. The molecule has 0 saturated carbocycles. The number of ketones is 1. The van der Waals surface area contributed by atoms with Crippen LogP contribution in [0.3, 0.4) is 0 Å². The second kappa shape index (κ2) is 18.6. The minimum absolute atomic E-state index is 0.398. The molecular weight excluding hydrogens is 712 g/mol. The smallest absolute Gasteiger partial charge is 0.264 e. The Morgan fingerprint density at radius 3 is 2.19 bits per heavy atom. The van der Waals surface area contributed by atoms with Crippen LogP contribution >= 0.6 is 11.6 Å². The average Bonchev–Trinajstić information content (AvgIpc) is 3.49. The molecule has 4 aliphatic rings. The number of amides is 2. The Labute approximate surface area is 304 Å². The van der Waals surface area contributed by atoms with Crippen LogP contribution in [0, 0.1) is 0 Å². The third kappa shape index (κ3) is 9.62. The topological polar surface area (TPSA) is 257 Å². The normalized spacial score (nSPS) is 38.9. The zero-order chi connectivity index (χ0) is 38.3. The molecule has 0 aromatic rings. The molecule has 17 nitrogen and oxygen atoms in total. The van der Waals surface area contributed by atoms with Gasteiger partial charge in [-0.2, -0.15) is 0 Å². The molecule has 0 spiro atoms. The number of Topliss-reactive ketones (excluding diaryl/α,β-unsaturated/α-hetero) is 1. The molecule has 0 aliphatic carbocycles. The molecule has 13 atom stereocenters. The van der Waals surface area contributed by atoms with Gasteiger partial charge in [0.15, 0.2) is 24.6 Å². The van der Waals surface area contributed by atoms with Gasteiger partial charge in [-0.3, -0.25) is 19.3 Å². The number of aliphatic hydroxyl groups excluding tert-OH is 6. The Hall–Kier alpha value is -3.30. The molecule has 0 radical (unpaired) electrons. The van der Waals surface area contributed by atoms with Crippen molar-refractivity contribution >= 4 is 29.2 Å². The molecule has 52 heavy (non-hydrogen) atoms. The number of carbonyl (C=O) groups excluding carboxylic acids is 3. The van der Waals surface area contributed by atoms with Gasteiger partial charge in [0.1, 0.15) is 66.2 Å². The maximum Gasteiger partial charge on any atom is 0.264 e. The number of hydrogen-bond donors (Lipinski definition) is 7. The highest BCUT2D eigenvalue weighted by molar-refractivity contribution is 6.29. The minimum atomic E-state index is -1.84. The Kier molecular flexibility index (Phi) is 14.9. The average molecular weight is 757 g/mol. The molecule has 4 heterocycles. The van der Waals surface area contributed by atoms with Crippen molar-refractivity contribution in [1.29, 1.82) is 0 Å². The lowest BCUT2D eigenvalue weighted by Crippen LogP contribution is -2.65. The first-order valence-electron chi connectivity index (χ1n) is 16.4. The molecule has 0 aromatic heterocycles. The van der Waals surface area contributed by atoms with E-state index in [4.69, 9.17) is 45.8 Å². The second-order valence-corrected chi connectivity index (χ2v) is 13.0. The van der Waals surface area contributed by atoms with E-state index in [0.717, 1.165) is 11.0 Å². The van der Waals surface area contributed by atoms with Crippen LogP contribution in [0.1, 0.15) is 20.3 Å². The Morgan fingerprint density at radius 2 is 1.56 bits per heavy atom. The van der Waals surface area contributed by atoms with Crippen LogP contribution < -0.4 is 5.73 Å². The molecular formula is C34H45ClN2O15. The first kappa shape index (κ1) is 41.5. The van der Waals surface area contributed by atoms with Crippen LogP contribution in [0.15, 0.2) is 71.0 Å². The maximum atomic E-state index is 13.8. The SMILES string of the molecule is CO[C@@H]1[C@H](O[C@@H]2CO[C@@H](OC3C(O)[C@H](O)CO[C@H]3N3C(=O)/C(=C(O)/C=C/C=C/C=C/C=C/C=C(/C)Cl)C(=O)[C@@H]3CC(N)=O)C(O)C2O)O[C@H](C)[C@H]1O. The number of methoxy groups -OCH3 is 1. The molecule has 18 heteroatoms. The highest BCUT2D eigenvalue weighted by Gasteiger charge is 2.56. The summed E-state index contributed by atoms with van der Waals surface area (Å²) in [5.41, 5.74) is 4.70. The molecule has 4 fully saturated rings. The summed E-state index contributed by atoms with van der Waals surface area (Å²) in [6.07, 6.45) is -3.53. The van der Waals surface area contributed by atoms with Crippen molar-refractivity contribution in [3.05, 3.63) is 71.0 Å². The highest BCUT2D eigenvalue weighted by Crippen LogP contribution is 2.35. The van der Waals surface area contributed by atoms with E-state index in [-0.39, 0.29) is 0 Å². The van der Waals surface area contributed by atoms with Gasteiger partial charge in [0.25, 0.3) is 5.91 Å². The predicted molar refractivity (Wildman–Crippen MR) is 180 cm³/mol. The predicted octanol–water partition coefficient (Wildman–Crippen LogP) is -1.13. The first-order valence-corrected chi connectivity index (χ1v) is 16.8. The molecule has 4 rings (SSSR count). The van der Waals surface area contributed by atoms with Crippen molar-refractivity contribution < 1.29 is 73.4 Å². The fourth-order valence-corrected chi connectivity index (χ4v) is 6.05. The van der Waals surface area contributed by atoms with Crippen molar-refractivity contribution in [2.45, 2.75) is 100 Å². The largest absolute Gasteiger partial charge is 0.507 e. The summed E-state index contributed by atoms with van der Waals surface area (Å²) in [7, 11) is 1.34. The molecule has 8 N–H and O–H groups in total. The van der Waals surface area contributed by atoms with E-state index >= 15 is 0 Å². The number of halogens is 1. The van der Waals surface area contributed by atoms with Gasteiger partial charge < -0.3 is 64.8 Å². The number of nitrogens with two attached hydrogens (primary N) is 1. The van der Waals surface area contributed by atoms with Crippen molar-refractivity contribution in [1.82, 2.24) is 4.90 Å². The quantitative estimate of drug-likeness (QED) is 0.0508. The zero-order valence-corrected chi connectivity index (χ0v) is 29.3. The molecule has 288 valence electrons. The fraction of sp³-hybridized carbons (Fsp3) is 0.559. The minimum Gasteiger partial charge on any atom is -0.507 e. The Bertz CT molecular complexity index is 1480. The lowest BCUT2D eigenvalue weighted by Gasteiger charge is -2.46. The number of allylic oxidation sites excluding steroid dienone is 10. The van der Waals surface area contributed by atoms with Gasteiger partial charge in [-0.15, -0.1) is 0 Å². The van der Waals surface area contributed by atoms with E-state index in [9.17, 15) is 45.0 Å². The van der Waals surface area contributed by atoms with Crippen LogP contribution in [0.2, 0.25) is 0 Å². The van der Waals surface area contributed by atoms with Gasteiger partial charge in [0.2, 0.25) is 5.91 Å². The van der Waals surface area contributed by atoms with Crippen LogP contribution in [0.4, 0.5) is 0 Å². The summed E-state index contributed by atoms with van der Waals surface area (Å²) in [6.45, 7) is 2.38. The molecule has 0 aromatic carbocycles. The van der Waals surface area contributed by atoms with E-state index < -0.39 is 128 Å². The highest BCUT2D eigenvalue weighted by atomic mass is 35.5. The number of carbonyl (C=O) groups is 3. The van der Waals surface area contributed by atoms with Crippen LogP contribution in [0.5, 0.6) is 0 Å². The maximum absolute atomic E-state index is 13.8. The van der Waals surface area contributed by atoms with Crippen LogP contribution in [-0.2, 0) is 42.8 Å². The molecule has 4 unspecified atom stereocenters. The number of ether oxygens (including phenoxy) is 6. The summed E-state index contributed by atoms with van der Waals surface area (Å²) in [5.74, 6) is -3.79. The number of nitrogens with zero attached hydrogens (tertiary/aromatic N) is 1. The number of likely N-dealkylation sites (tertiary alicyclic amines) is 1. The van der Waals surface area contributed by atoms with Gasteiger partial charge in [-0.1, -0.05) is 54.1 Å². The first-order chi connectivity index (χ1) is 24.7. The Morgan fingerprint density at radius 1 is 0.904 bits per heavy atom. The number of primary amides is 1. The summed E-state index contributed by atoms with van der Waals surface area (Å²) < 4.78 is 33.6. The number of rotatable bonds is 13. The van der Waals surface area contributed by atoms with Gasteiger partial charge >= 0.3 is 0 Å². The van der Waals surface area contributed by atoms with Gasteiger partial charge in [-0.25, -0.2) is 0 Å². The zero-order valence-electron chi connectivity index (χ0n) is 28.6. The standard InChI is InChI=1S/C34H45ClN2O15/c1-16(35)11-9-7-5-4-6-8-10-12-19(38)23-25(42)18(13-22(36)40)37(31(23)46)32-29(26(43)20(39)14-48-32)52-33-28(45)27(44)21(15-49-33)51-34-30(47-3)24(41)17(2)50-34/h4-12,17-18,20-21,24,26-30,32-34,38-39,41,43-45H,13-15H2,1-3H3,(H2,36,40)/b5-4+,8-6+,9-7+,12-10+,16-11-,23-19-/t17-,18+,20-,21-,24-,26?,27?,28?,29?,30+,32-,33+,34+/m1/s1. The van der Waals surface area contributed by atoms with Gasteiger partial charge in [0.05, 0.1) is 25.7 Å². The van der Waals surface area contributed by atoms with Crippen molar-refractivity contribution in [3.8, 4) is 0 Å². The van der Waals surface area contributed by atoms with E-state index in [0.29, 0.717) is 5.03 Å². The van der Waals surface area contributed by atoms with Crippen LogP contribution in [0.25, 0.3) is 0 Å². The summed E-state index contributed by atoms with van der Waals surface area (Å²) in [5, 5.41) is 65.0. The molecule has 2 amide bonds. The lowest BCUT2D eigenvalue weighted by molar-refractivity contribution is -0.338. The van der Waals surface area contributed by atoms with Gasteiger partial charge in [0, 0.05) is 12.1 Å². The summed E-state index contributed by atoms with van der Waals surface area (Å²) >= 11 is 5.75.